The van der Waals surface area contributed by atoms with Gasteiger partial charge in [0.25, 0.3) is 0 Å². The van der Waals surface area contributed by atoms with E-state index in [0.717, 1.165) is 23.1 Å². The molecule has 0 N–H and O–H groups in total. The first kappa shape index (κ1) is 25.5. The predicted octanol–water partition coefficient (Wildman–Crippen LogP) is 6.33. The zero-order chi connectivity index (χ0) is 24.2. The van der Waals surface area contributed by atoms with Crippen LogP contribution in [0.2, 0.25) is 0 Å². The van der Waals surface area contributed by atoms with Crippen LogP contribution in [0.1, 0.15) is 25.8 Å². The van der Waals surface area contributed by atoms with Gasteiger partial charge in [-0.3, -0.25) is 0 Å². The third kappa shape index (κ3) is 7.10. The first-order valence-corrected chi connectivity index (χ1v) is 10.5. The van der Waals surface area contributed by atoms with E-state index >= 15 is 0 Å². The smallest absolute Gasteiger partial charge is 0.220 e. The Morgan fingerprint density at radius 1 is 1.06 bits per heavy atom. The molecular formula is C27H32N2O4. The van der Waals surface area contributed by atoms with Crippen LogP contribution in [-0.4, -0.2) is 40.2 Å². The van der Waals surface area contributed by atoms with Crippen molar-refractivity contribution in [3.8, 4) is 5.75 Å². The first-order valence-electron chi connectivity index (χ1n) is 10.5. The van der Waals surface area contributed by atoms with Crippen LogP contribution in [0.4, 0.5) is 5.69 Å². The predicted molar refractivity (Wildman–Crippen MR) is 136 cm³/mol. The molecule has 6 nitrogen and oxygen atoms in total. The summed E-state index contributed by atoms with van der Waals surface area (Å²) >= 11 is 0. The van der Waals surface area contributed by atoms with Gasteiger partial charge in [0.15, 0.2) is 5.90 Å². The molecule has 1 aliphatic carbocycles. The largest absolute Gasteiger partial charge is 0.494 e. The lowest BCUT2D eigenvalue weighted by Gasteiger charge is -2.12. The Morgan fingerprint density at radius 2 is 1.85 bits per heavy atom. The molecule has 1 aliphatic rings. The summed E-state index contributed by atoms with van der Waals surface area (Å²) in [6.07, 6.45) is 14.6. The number of aliphatic imine (C=N–C) groups is 2. The Hall–Kier alpha value is -3.80. The van der Waals surface area contributed by atoms with Gasteiger partial charge in [-0.05, 0) is 48.8 Å². The number of methoxy groups -OCH3 is 4. The molecular weight excluding hydrogens is 416 g/mol. The minimum Gasteiger partial charge on any atom is -0.494 e. The van der Waals surface area contributed by atoms with Gasteiger partial charge in [0.05, 0.1) is 28.4 Å². The highest BCUT2D eigenvalue weighted by Crippen LogP contribution is 2.32. The van der Waals surface area contributed by atoms with E-state index in [9.17, 15) is 0 Å². The Balaban J connectivity index is 2.38. The molecule has 1 aromatic carbocycles. The van der Waals surface area contributed by atoms with E-state index < -0.39 is 0 Å². The third-order valence-corrected chi connectivity index (χ3v) is 4.83. The van der Waals surface area contributed by atoms with Crippen molar-refractivity contribution in [3.63, 3.8) is 0 Å². The Kier molecular flexibility index (Phi) is 9.96. The molecule has 0 heterocycles. The van der Waals surface area contributed by atoms with Crippen molar-refractivity contribution in [1.82, 2.24) is 0 Å². The molecule has 0 amide bonds. The van der Waals surface area contributed by atoms with Gasteiger partial charge in [0.1, 0.15) is 22.9 Å². The highest BCUT2D eigenvalue weighted by atomic mass is 16.5. The molecule has 0 saturated carbocycles. The summed E-state index contributed by atoms with van der Waals surface area (Å²) in [6.45, 7) is 7.88. The maximum atomic E-state index is 5.65. The maximum absolute atomic E-state index is 5.65. The third-order valence-electron chi connectivity index (χ3n) is 4.83. The van der Waals surface area contributed by atoms with Gasteiger partial charge in [-0.25, -0.2) is 9.98 Å². The quantitative estimate of drug-likeness (QED) is 0.202. The molecule has 6 heteroatoms. The van der Waals surface area contributed by atoms with Crippen molar-refractivity contribution >= 4 is 23.1 Å². The minimum atomic E-state index is 0.508. The van der Waals surface area contributed by atoms with Crippen molar-refractivity contribution in [3.05, 3.63) is 89.9 Å². The maximum Gasteiger partial charge on any atom is 0.220 e. The van der Waals surface area contributed by atoms with Crippen LogP contribution >= 0.6 is 0 Å². The van der Waals surface area contributed by atoms with Gasteiger partial charge < -0.3 is 18.9 Å². The standard InChI is InChI=1S/C27H32N2O4/c1-8-23(29-27(33-7)21-13-11-9-10-12-14-21)25(31-5)17-19(2)22-15-16-24(26(18-22)32-6)28-20(3)30-4/h8-11,13-18H,2,12H2,1,3-7H3/b23-8+,25-17+,28-20?,29-27?. The van der Waals surface area contributed by atoms with Crippen molar-refractivity contribution in [2.45, 2.75) is 20.3 Å². The zero-order valence-corrected chi connectivity index (χ0v) is 20.2. The van der Waals surface area contributed by atoms with Gasteiger partial charge in [-0.1, -0.05) is 43.0 Å². The van der Waals surface area contributed by atoms with Gasteiger partial charge in [0.2, 0.25) is 5.90 Å². The molecule has 174 valence electrons. The van der Waals surface area contributed by atoms with E-state index in [1.165, 1.54) is 0 Å². The zero-order valence-electron chi connectivity index (χ0n) is 20.2. The fourth-order valence-corrected chi connectivity index (χ4v) is 3.00. The van der Waals surface area contributed by atoms with Gasteiger partial charge in [0, 0.05) is 12.5 Å². The molecule has 0 aliphatic heterocycles. The van der Waals surface area contributed by atoms with E-state index in [-0.39, 0.29) is 0 Å². The molecule has 33 heavy (non-hydrogen) atoms. The lowest BCUT2D eigenvalue weighted by atomic mass is 10.0. The van der Waals surface area contributed by atoms with Crippen LogP contribution in [0.5, 0.6) is 5.75 Å². The molecule has 0 spiro atoms. The average Bonchev–Trinajstić information content (AvgIpc) is 3.13. The fourth-order valence-electron chi connectivity index (χ4n) is 3.00. The molecule has 0 fully saturated rings. The van der Waals surface area contributed by atoms with Crippen LogP contribution in [0.15, 0.2) is 94.3 Å². The minimum absolute atomic E-state index is 0.508. The van der Waals surface area contributed by atoms with E-state index in [1.54, 1.807) is 35.4 Å². The van der Waals surface area contributed by atoms with E-state index in [0.29, 0.717) is 34.7 Å². The second-order valence-electron chi connectivity index (χ2n) is 6.94. The number of hydrogen-bond acceptors (Lipinski definition) is 6. The average molecular weight is 449 g/mol. The summed E-state index contributed by atoms with van der Waals surface area (Å²) < 4.78 is 21.9. The normalized spacial score (nSPS) is 15.0. The number of rotatable bonds is 8. The van der Waals surface area contributed by atoms with E-state index in [1.807, 2.05) is 55.5 Å². The lowest BCUT2D eigenvalue weighted by molar-refractivity contribution is 0.299. The molecule has 1 aromatic rings. The molecule has 0 saturated heterocycles. The monoisotopic (exact) mass is 448 g/mol. The topological polar surface area (TPSA) is 61.6 Å². The van der Waals surface area contributed by atoms with Crippen LogP contribution in [-0.2, 0) is 14.2 Å². The van der Waals surface area contributed by atoms with Crippen molar-refractivity contribution in [2.24, 2.45) is 9.98 Å². The van der Waals surface area contributed by atoms with Gasteiger partial charge >= 0.3 is 0 Å². The summed E-state index contributed by atoms with van der Waals surface area (Å²) in [5, 5.41) is 0. The summed E-state index contributed by atoms with van der Waals surface area (Å²) in [7, 11) is 6.39. The number of benzene rings is 1. The van der Waals surface area contributed by atoms with Crippen LogP contribution in [0.25, 0.3) is 5.57 Å². The second kappa shape index (κ2) is 12.9. The summed E-state index contributed by atoms with van der Waals surface area (Å²) in [4.78, 5) is 9.11. The van der Waals surface area contributed by atoms with Crippen LogP contribution < -0.4 is 4.74 Å². The molecule has 0 radical (unpaired) electrons. The van der Waals surface area contributed by atoms with Gasteiger partial charge in [-0.15, -0.1) is 0 Å². The summed E-state index contributed by atoms with van der Waals surface area (Å²) in [5.41, 5.74) is 3.80. The Labute approximate surface area is 196 Å². The molecule has 0 bridgehead atoms. The SMILES string of the molecule is C=C(/C=C(OC)\C(=C/C)N=C(OC)C1=CCC=CC=C1)c1ccc(N=C(C)OC)c(OC)c1. The molecule has 2 rings (SSSR count). The van der Waals surface area contributed by atoms with Crippen LogP contribution in [0, 0.1) is 0 Å². The molecule has 0 atom stereocenters. The highest BCUT2D eigenvalue weighted by molar-refractivity contribution is 5.97. The summed E-state index contributed by atoms with van der Waals surface area (Å²) in [5.74, 6) is 2.23. The number of allylic oxidation sites excluding steroid dienone is 7. The number of ether oxygens (including phenoxy) is 4. The first-order chi connectivity index (χ1) is 16.0. The highest BCUT2D eigenvalue weighted by Gasteiger charge is 2.12. The Morgan fingerprint density at radius 3 is 2.48 bits per heavy atom. The lowest BCUT2D eigenvalue weighted by Crippen LogP contribution is -2.06. The molecule has 0 aromatic heterocycles. The van der Waals surface area contributed by atoms with Crippen LogP contribution in [0.3, 0.4) is 0 Å². The number of hydrogen-bond donors (Lipinski definition) is 0. The molecule has 0 unspecified atom stereocenters. The number of nitrogens with zero attached hydrogens (tertiary/aromatic N) is 2. The van der Waals surface area contributed by atoms with Crippen molar-refractivity contribution in [1.29, 1.82) is 0 Å². The van der Waals surface area contributed by atoms with Crippen molar-refractivity contribution in [2.75, 3.05) is 28.4 Å². The summed E-state index contributed by atoms with van der Waals surface area (Å²) in [6, 6.07) is 5.66. The second-order valence-corrected chi connectivity index (χ2v) is 6.94. The van der Waals surface area contributed by atoms with Crippen molar-refractivity contribution < 1.29 is 18.9 Å². The van der Waals surface area contributed by atoms with E-state index in [2.05, 4.69) is 23.7 Å². The van der Waals surface area contributed by atoms with Gasteiger partial charge in [-0.2, -0.15) is 0 Å². The van der Waals surface area contributed by atoms with E-state index in [4.69, 9.17) is 23.9 Å². The Bertz CT molecular complexity index is 1070. The fraction of sp³-hybridized carbons (Fsp3) is 0.259.